The summed E-state index contributed by atoms with van der Waals surface area (Å²) in [4.78, 5) is 0. The molecule has 1 aliphatic rings. The maximum absolute atomic E-state index is 9.07. The Morgan fingerprint density at radius 3 is 2.00 bits per heavy atom. The largest absolute Gasteiger partial charge is 0.393 e. The van der Waals surface area contributed by atoms with E-state index in [9.17, 15) is 0 Å². The van der Waals surface area contributed by atoms with E-state index in [0.717, 1.165) is 0 Å². The van der Waals surface area contributed by atoms with Gasteiger partial charge in [-0.15, -0.1) is 0 Å². The summed E-state index contributed by atoms with van der Waals surface area (Å²) >= 11 is 0. The molecule has 1 N–H and O–H groups in total. The van der Waals surface area contributed by atoms with E-state index in [0.29, 0.717) is 18.1 Å². The number of ether oxygens (including phenoxy) is 1. The first-order valence-corrected chi connectivity index (χ1v) is 3.46. The Hall–Kier alpha value is -0.0800. The minimum Gasteiger partial charge on any atom is -0.393 e. The molecular formula is C7H14O2. The van der Waals surface area contributed by atoms with Gasteiger partial charge < -0.3 is 9.84 Å². The smallest absolute Gasteiger partial charge is 0.0888 e. The van der Waals surface area contributed by atoms with Crippen LogP contribution in [0.5, 0.6) is 0 Å². The van der Waals surface area contributed by atoms with Crippen molar-refractivity contribution in [2.24, 2.45) is 5.92 Å². The number of hydrogen-bond donors (Lipinski definition) is 1. The van der Waals surface area contributed by atoms with Gasteiger partial charge in [-0.05, 0) is 13.8 Å². The molecule has 1 heterocycles. The first-order chi connectivity index (χ1) is 4.13. The summed E-state index contributed by atoms with van der Waals surface area (Å²) in [7, 11) is 0. The quantitative estimate of drug-likeness (QED) is 0.560. The van der Waals surface area contributed by atoms with Crippen molar-refractivity contribution in [3.63, 3.8) is 0 Å². The molecule has 1 saturated heterocycles. The Kier molecular flexibility index (Phi) is 1.78. The van der Waals surface area contributed by atoms with Crippen LogP contribution in [0.3, 0.4) is 0 Å². The van der Waals surface area contributed by atoms with Gasteiger partial charge in [-0.1, -0.05) is 6.92 Å². The molecule has 0 radical (unpaired) electrons. The monoisotopic (exact) mass is 130 g/mol. The molecule has 0 aromatic heterocycles. The van der Waals surface area contributed by atoms with Crippen molar-refractivity contribution in [2.45, 2.75) is 39.1 Å². The summed E-state index contributed by atoms with van der Waals surface area (Å²) in [6, 6.07) is 0. The first kappa shape index (κ1) is 7.03. The van der Waals surface area contributed by atoms with Gasteiger partial charge >= 0.3 is 0 Å². The lowest BCUT2D eigenvalue weighted by Crippen LogP contribution is -2.19. The minimum absolute atomic E-state index is 0.236. The zero-order valence-electron chi connectivity index (χ0n) is 6.16. The van der Waals surface area contributed by atoms with Crippen molar-refractivity contribution in [3.8, 4) is 0 Å². The lowest BCUT2D eigenvalue weighted by atomic mass is 10.0. The number of rotatable bonds is 2. The van der Waals surface area contributed by atoms with Crippen LogP contribution in [0.4, 0.5) is 0 Å². The van der Waals surface area contributed by atoms with Crippen molar-refractivity contribution >= 4 is 0 Å². The molecule has 1 rings (SSSR count). The molecule has 9 heavy (non-hydrogen) atoms. The Labute approximate surface area is 55.8 Å². The van der Waals surface area contributed by atoms with Crippen LogP contribution in [-0.4, -0.2) is 23.4 Å². The van der Waals surface area contributed by atoms with Crippen molar-refractivity contribution in [2.75, 3.05) is 0 Å². The lowest BCUT2D eigenvalue weighted by Gasteiger charge is -2.10. The van der Waals surface area contributed by atoms with E-state index in [1.807, 2.05) is 13.8 Å². The summed E-state index contributed by atoms with van der Waals surface area (Å²) < 4.78 is 5.18. The highest BCUT2D eigenvalue weighted by atomic mass is 16.6. The van der Waals surface area contributed by atoms with Crippen LogP contribution in [0.25, 0.3) is 0 Å². The van der Waals surface area contributed by atoms with Crippen LogP contribution in [0.1, 0.15) is 20.8 Å². The van der Waals surface area contributed by atoms with Crippen LogP contribution in [-0.2, 0) is 4.74 Å². The highest BCUT2D eigenvalue weighted by Crippen LogP contribution is 2.30. The third-order valence-electron chi connectivity index (χ3n) is 2.04. The highest BCUT2D eigenvalue weighted by molar-refractivity contribution is 4.87. The lowest BCUT2D eigenvalue weighted by molar-refractivity contribution is 0.115. The van der Waals surface area contributed by atoms with Gasteiger partial charge in [0.1, 0.15) is 0 Å². The maximum Gasteiger partial charge on any atom is 0.0888 e. The van der Waals surface area contributed by atoms with Gasteiger partial charge in [0.2, 0.25) is 0 Å². The summed E-state index contributed by atoms with van der Waals surface area (Å²) in [5, 5.41) is 9.07. The van der Waals surface area contributed by atoms with Gasteiger partial charge in [-0.2, -0.15) is 0 Å². The summed E-state index contributed by atoms with van der Waals surface area (Å²) in [6.07, 6.45) is 0.444. The molecule has 1 aliphatic heterocycles. The van der Waals surface area contributed by atoms with E-state index < -0.39 is 0 Å². The number of hydrogen-bond acceptors (Lipinski definition) is 2. The Morgan fingerprint density at radius 2 is 1.89 bits per heavy atom. The molecule has 0 aromatic carbocycles. The van der Waals surface area contributed by atoms with E-state index in [1.165, 1.54) is 0 Å². The van der Waals surface area contributed by atoms with Crippen molar-refractivity contribution in [1.82, 2.24) is 0 Å². The molecule has 54 valence electrons. The van der Waals surface area contributed by atoms with Crippen LogP contribution in [0.15, 0.2) is 0 Å². The third kappa shape index (κ3) is 1.43. The third-order valence-corrected chi connectivity index (χ3v) is 2.04. The van der Waals surface area contributed by atoms with E-state index in [1.54, 1.807) is 6.92 Å². The van der Waals surface area contributed by atoms with Gasteiger partial charge in [0.25, 0.3) is 0 Å². The molecule has 0 aromatic rings. The molecule has 0 spiro atoms. The van der Waals surface area contributed by atoms with Gasteiger partial charge in [0.05, 0.1) is 18.3 Å². The SMILES string of the molecule is CC(O)C(C)C1OC1C. The molecule has 2 nitrogen and oxygen atoms in total. The fourth-order valence-electron chi connectivity index (χ4n) is 1.03. The van der Waals surface area contributed by atoms with Crippen molar-refractivity contribution in [1.29, 1.82) is 0 Å². The summed E-state index contributed by atoms with van der Waals surface area (Å²) in [6.45, 7) is 5.85. The van der Waals surface area contributed by atoms with Gasteiger partial charge in [0, 0.05) is 5.92 Å². The number of aliphatic hydroxyl groups excluding tert-OH is 1. The Balaban J connectivity index is 2.27. The molecular weight excluding hydrogens is 116 g/mol. The van der Waals surface area contributed by atoms with Crippen molar-refractivity contribution in [3.05, 3.63) is 0 Å². The fraction of sp³-hybridized carbons (Fsp3) is 1.00. The van der Waals surface area contributed by atoms with Crippen LogP contribution in [0, 0.1) is 5.92 Å². The Bertz CT molecular complexity index is 101. The summed E-state index contributed by atoms with van der Waals surface area (Å²) in [5.41, 5.74) is 0. The number of aliphatic hydroxyl groups is 1. The molecule has 0 saturated carbocycles. The van der Waals surface area contributed by atoms with Crippen molar-refractivity contribution < 1.29 is 9.84 Å². The second kappa shape index (κ2) is 2.27. The van der Waals surface area contributed by atoms with Gasteiger partial charge in [-0.25, -0.2) is 0 Å². The standard InChI is InChI=1S/C7H14O2/c1-4(5(2)8)7-6(3)9-7/h4-8H,1-3H3. The highest BCUT2D eigenvalue weighted by Gasteiger charge is 2.40. The fourth-order valence-corrected chi connectivity index (χ4v) is 1.03. The number of epoxide rings is 1. The topological polar surface area (TPSA) is 32.8 Å². The zero-order chi connectivity index (χ0) is 7.02. The molecule has 0 amide bonds. The van der Waals surface area contributed by atoms with E-state index >= 15 is 0 Å². The molecule has 0 bridgehead atoms. The second-order valence-electron chi connectivity index (χ2n) is 2.91. The zero-order valence-corrected chi connectivity index (χ0v) is 6.16. The average molecular weight is 130 g/mol. The first-order valence-electron chi connectivity index (χ1n) is 3.46. The van der Waals surface area contributed by atoms with Gasteiger partial charge in [-0.3, -0.25) is 0 Å². The maximum atomic E-state index is 9.07. The van der Waals surface area contributed by atoms with Gasteiger partial charge in [0.15, 0.2) is 0 Å². The van der Waals surface area contributed by atoms with Crippen LogP contribution < -0.4 is 0 Å². The summed E-state index contributed by atoms with van der Waals surface area (Å²) in [5.74, 6) is 0.292. The van der Waals surface area contributed by atoms with E-state index in [-0.39, 0.29) is 6.10 Å². The predicted molar refractivity (Wildman–Crippen MR) is 35.2 cm³/mol. The molecule has 4 unspecified atom stereocenters. The predicted octanol–water partition coefficient (Wildman–Crippen LogP) is 0.791. The van der Waals surface area contributed by atoms with Crippen LogP contribution >= 0.6 is 0 Å². The average Bonchev–Trinajstić information content (AvgIpc) is 2.44. The van der Waals surface area contributed by atoms with Crippen LogP contribution in [0.2, 0.25) is 0 Å². The second-order valence-corrected chi connectivity index (χ2v) is 2.91. The van der Waals surface area contributed by atoms with E-state index in [2.05, 4.69) is 0 Å². The molecule has 0 aliphatic carbocycles. The normalized spacial score (nSPS) is 40.0. The minimum atomic E-state index is -0.236. The molecule has 1 fully saturated rings. The Morgan fingerprint density at radius 1 is 1.44 bits per heavy atom. The molecule has 2 heteroatoms. The van der Waals surface area contributed by atoms with E-state index in [4.69, 9.17) is 9.84 Å². The molecule has 4 atom stereocenters.